The molecule has 0 radical (unpaired) electrons. The zero-order valence-electron chi connectivity index (χ0n) is 16.2. The maximum Gasteiger partial charge on any atom is 0.265 e. The summed E-state index contributed by atoms with van der Waals surface area (Å²) in [6.07, 6.45) is -0.731. The molecule has 0 aliphatic heterocycles. The number of aryl methyl sites for hydroxylation is 1. The van der Waals surface area contributed by atoms with Crippen LogP contribution in [-0.2, 0) is 4.79 Å². The fourth-order valence-electron chi connectivity index (χ4n) is 2.66. The smallest absolute Gasteiger partial charge is 0.265 e. The van der Waals surface area contributed by atoms with Gasteiger partial charge in [-0.1, -0.05) is 26.0 Å². The molecule has 3 rings (SSSR count). The molecule has 0 spiro atoms. The van der Waals surface area contributed by atoms with Crippen LogP contribution in [0.2, 0.25) is 0 Å². The van der Waals surface area contributed by atoms with Crippen molar-refractivity contribution in [3.05, 3.63) is 59.7 Å². The number of hydrogen-bond acceptors (Lipinski definition) is 5. The van der Waals surface area contributed by atoms with Gasteiger partial charge in [-0.3, -0.25) is 4.79 Å². The Balaban J connectivity index is 1.72. The zero-order chi connectivity index (χ0) is 20.3. The van der Waals surface area contributed by atoms with Gasteiger partial charge in [-0.25, -0.2) is 4.39 Å². The molecule has 0 saturated carbocycles. The van der Waals surface area contributed by atoms with Crippen LogP contribution in [0.15, 0.2) is 42.5 Å². The van der Waals surface area contributed by atoms with Gasteiger partial charge < -0.3 is 10.1 Å². The van der Waals surface area contributed by atoms with Crippen LogP contribution in [0, 0.1) is 12.7 Å². The van der Waals surface area contributed by atoms with E-state index < -0.39 is 11.9 Å². The quantitative estimate of drug-likeness (QED) is 0.703. The minimum atomic E-state index is -0.731. The molecule has 2 aromatic carbocycles. The molecule has 1 amide bonds. The number of anilines is 1. The van der Waals surface area contributed by atoms with Crippen molar-refractivity contribution >= 4 is 11.6 Å². The lowest BCUT2D eigenvalue weighted by Crippen LogP contribution is -2.30. The molecule has 3 aromatic rings. The summed E-state index contributed by atoms with van der Waals surface area (Å²) < 4.78 is 21.2. The highest BCUT2D eigenvalue weighted by atomic mass is 19.1. The third-order valence-corrected chi connectivity index (χ3v) is 4.27. The Morgan fingerprint density at radius 1 is 1.18 bits per heavy atom. The number of ether oxygens (including phenoxy) is 1. The number of carbonyl (C=O) groups is 1. The normalized spacial score (nSPS) is 12.1. The van der Waals surface area contributed by atoms with E-state index in [-0.39, 0.29) is 11.6 Å². The summed E-state index contributed by atoms with van der Waals surface area (Å²) in [5, 5.41) is 13.8. The van der Waals surface area contributed by atoms with Gasteiger partial charge in [0.15, 0.2) is 11.9 Å². The third kappa shape index (κ3) is 4.33. The fraction of sp³-hybridized carbons (Fsp3) is 0.300. The van der Waals surface area contributed by atoms with Crippen molar-refractivity contribution in [1.82, 2.24) is 20.2 Å². The zero-order valence-corrected chi connectivity index (χ0v) is 16.2. The van der Waals surface area contributed by atoms with E-state index in [0.717, 1.165) is 5.56 Å². The first kappa shape index (κ1) is 19.5. The third-order valence-electron chi connectivity index (χ3n) is 4.27. The number of aromatic nitrogens is 4. The number of tetrazole rings is 1. The first-order chi connectivity index (χ1) is 13.3. The van der Waals surface area contributed by atoms with Crippen molar-refractivity contribution < 1.29 is 13.9 Å². The molecule has 146 valence electrons. The van der Waals surface area contributed by atoms with Gasteiger partial charge in [0, 0.05) is 5.69 Å². The number of carbonyl (C=O) groups excluding carboxylic acids is 1. The molecule has 0 aliphatic carbocycles. The van der Waals surface area contributed by atoms with E-state index in [1.807, 2.05) is 24.3 Å². The van der Waals surface area contributed by atoms with Gasteiger partial charge in [0.05, 0.1) is 0 Å². The Bertz CT molecular complexity index is 986. The molecule has 0 saturated heterocycles. The molecule has 0 fully saturated rings. The first-order valence-electron chi connectivity index (χ1n) is 8.97. The van der Waals surface area contributed by atoms with Crippen LogP contribution in [-0.4, -0.2) is 32.2 Å². The predicted octanol–water partition coefficient (Wildman–Crippen LogP) is 3.64. The molecule has 1 atom stereocenters. The molecule has 1 N–H and O–H groups in total. The average molecular weight is 383 g/mol. The number of amides is 1. The van der Waals surface area contributed by atoms with Gasteiger partial charge in [0.25, 0.3) is 5.91 Å². The van der Waals surface area contributed by atoms with Crippen molar-refractivity contribution in [3.8, 4) is 11.4 Å². The second kappa shape index (κ2) is 8.16. The number of hydrogen-bond donors (Lipinski definition) is 1. The lowest BCUT2D eigenvalue weighted by molar-refractivity contribution is -0.122. The van der Waals surface area contributed by atoms with Crippen LogP contribution in [0.25, 0.3) is 5.69 Å². The fourth-order valence-corrected chi connectivity index (χ4v) is 2.66. The molecule has 1 aromatic heterocycles. The van der Waals surface area contributed by atoms with Crippen LogP contribution in [0.5, 0.6) is 5.75 Å². The van der Waals surface area contributed by atoms with Crippen LogP contribution < -0.4 is 10.1 Å². The monoisotopic (exact) mass is 383 g/mol. The van der Waals surface area contributed by atoms with E-state index in [0.29, 0.717) is 23.2 Å². The number of rotatable bonds is 6. The van der Waals surface area contributed by atoms with Gasteiger partial charge in [-0.05, 0) is 66.1 Å². The molecular weight excluding hydrogens is 361 g/mol. The Hall–Kier alpha value is -3.29. The minimum absolute atomic E-state index is 0.151. The summed E-state index contributed by atoms with van der Waals surface area (Å²) >= 11 is 0. The Kier molecular flexibility index (Phi) is 5.67. The summed E-state index contributed by atoms with van der Waals surface area (Å²) in [6, 6.07) is 11.9. The lowest BCUT2D eigenvalue weighted by atomic mass is 10.0. The Morgan fingerprint density at radius 3 is 2.64 bits per heavy atom. The molecular formula is C20H22FN5O2. The summed E-state index contributed by atoms with van der Waals surface area (Å²) in [5.74, 6) is 0.575. The maximum atomic E-state index is 14.1. The maximum absolute atomic E-state index is 14.1. The van der Waals surface area contributed by atoms with Crippen LogP contribution >= 0.6 is 0 Å². The molecule has 0 aliphatic rings. The van der Waals surface area contributed by atoms with E-state index >= 15 is 0 Å². The van der Waals surface area contributed by atoms with Gasteiger partial charge in [-0.15, -0.1) is 5.10 Å². The number of nitrogens with zero attached hydrogens (tertiary/aromatic N) is 4. The van der Waals surface area contributed by atoms with Crippen molar-refractivity contribution in [2.24, 2.45) is 0 Å². The molecule has 28 heavy (non-hydrogen) atoms. The van der Waals surface area contributed by atoms with Crippen LogP contribution in [0.4, 0.5) is 10.1 Å². The standard InChI is InChI=1S/C20H22FN5O2/c1-12(2)15-6-5-7-17(10-15)28-13(3)20(27)22-16-8-9-18(21)19(11-16)26-14(4)23-24-25-26/h5-13H,1-4H3,(H,22,27). The highest BCUT2D eigenvalue weighted by Crippen LogP contribution is 2.22. The van der Waals surface area contributed by atoms with Crippen molar-refractivity contribution in [2.45, 2.75) is 39.7 Å². The largest absolute Gasteiger partial charge is 0.481 e. The highest BCUT2D eigenvalue weighted by molar-refractivity contribution is 5.94. The van der Waals surface area contributed by atoms with Crippen molar-refractivity contribution in [1.29, 1.82) is 0 Å². The second-order valence-corrected chi connectivity index (χ2v) is 6.78. The molecule has 0 bridgehead atoms. The van der Waals surface area contributed by atoms with E-state index in [4.69, 9.17) is 4.74 Å². The molecule has 1 heterocycles. The van der Waals surface area contributed by atoms with Gasteiger partial charge in [-0.2, -0.15) is 4.68 Å². The summed E-state index contributed by atoms with van der Waals surface area (Å²) in [7, 11) is 0. The lowest BCUT2D eigenvalue weighted by Gasteiger charge is -2.16. The van der Waals surface area contributed by atoms with Crippen LogP contribution in [0.1, 0.15) is 38.1 Å². The number of nitrogens with one attached hydrogen (secondary N) is 1. The second-order valence-electron chi connectivity index (χ2n) is 6.78. The Labute approximate surface area is 162 Å². The van der Waals surface area contributed by atoms with Crippen molar-refractivity contribution in [3.63, 3.8) is 0 Å². The first-order valence-corrected chi connectivity index (χ1v) is 8.97. The predicted molar refractivity (Wildman–Crippen MR) is 103 cm³/mol. The summed E-state index contributed by atoms with van der Waals surface area (Å²) in [6.45, 7) is 7.50. The van der Waals surface area contributed by atoms with Gasteiger partial charge in [0.1, 0.15) is 17.3 Å². The van der Waals surface area contributed by atoms with E-state index in [9.17, 15) is 9.18 Å². The summed E-state index contributed by atoms with van der Waals surface area (Å²) in [5.41, 5.74) is 1.70. The van der Waals surface area contributed by atoms with E-state index in [2.05, 4.69) is 34.7 Å². The molecule has 7 nitrogen and oxygen atoms in total. The highest BCUT2D eigenvalue weighted by Gasteiger charge is 2.17. The molecule has 8 heteroatoms. The number of benzene rings is 2. The molecule has 1 unspecified atom stereocenters. The SMILES string of the molecule is Cc1nnnn1-c1cc(NC(=O)C(C)Oc2cccc(C(C)C)c2)ccc1F. The Morgan fingerprint density at radius 2 is 1.96 bits per heavy atom. The van der Waals surface area contributed by atoms with Crippen molar-refractivity contribution in [2.75, 3.05) is 5.32 Å². The van der Waals surface area contributed by atoms with Gasteiger partial charge >= 0.3 is 0 Å². The minimum Gasteiger partial charge on any atom is -0.481 e. The topological polar surface area (TPSA) is 81.9 Å². The van der Waals surface area contributed by atoms with Gasteiger partial charge in [0.2, 0.25) is 0 Å². The van der Waals surface area contributed by atoms with E-state index in [1.54, 1.807) is 13.8 Å². The van der Waals surface area contributed by atoms with Crippen LogP contribution in [0.3, 0.4) is 0 Å². The number of halogens is 1. The average Bonchev–Trinajstić information content (AvgIpc) is 3.09. The summed E-state index contributed by atoms with van der Waals surface area (Å²) in [4.78, 5) is 12.5. The van der Waals surface area contributed by atoms with E-state index in [1.165, 1.54) is 22.9 Å².